The molecule has 0 amide bonds. The van der Waals surface area contributed by atoms with Crippen molar-refractivity contribution in [3.05, 3.63) is 53.7 Å². The Morgan fingerprint density at radius 3 is 2.62 bits per heavy atom. The highest BCUT2D eigenvalue weighted by molar-refractivity contribution is 5.77. The van der Waals surface area contributed by atoms with Crippen LogP contribution in [0.2, 0.25) is 0 Å². The van der Waals surface area contributed by atoms with Crippen LogP contribution in [0.3, 0.4) is 0 Å². The number of aromatic nitrogens is 3. The third-order valence-corrected chi connectivity index (χ3v) is 5.82. The minimum absolute atomic E-state index is 0.0234. The minimum Gasteiger partial charge on any atom is -0.394 e. The number of nitrogens with zero attached hydrogens (tertiary/aromatic N) is 4. The zero-order valence-corrected chi connectivity index (χ0v) is 19.6. The monoisotopic (exact) mass is 469 g/mol. The van der Waals surface area contributed by atoms with Gasteiger partial charge >= 0.3 is 0 Å². The lowest BCUT2D eigenvalue weighted by atomic mass is 9.96. The van der Waals surface area contributed by atoms with Crippen molar-refractivity contribution < 1.29 is 18.6 Å². The number of ether oxygens (including phenoxy) is 1. The van der Waals surface area contributed by atoms with E-state index in [-0.39, 0.29) is 18.2 Å². The van der Waals surface area contributed by atoms with Gasteiger partial charge in [0.05, 0.1) is 31.7 Å². The Morgan fingerprint density at radius 2 is 1.91 bits per heavy atom. The molecule has 0 aliphatic carbocycles. The summed E-state index contributed by atoms with van der Waals surface area (Å²) in [5.41, 5.74) is 3.78. The van der Waals surface area contributed by atoms with E-state index in [2.05, 4.69) is 20.4 Å². The van der Waals surface area contributed by atoms with Gasteiger partial charge in [0.15, 0.2) is 0 Å². The largest absolute Gasteiger partial charge is 0.394 e. The average molecular weight is 470 g/mol. The van der Waals surface area contributed by atoms with Crippen LogP contribution in [0, 0.1) is 6.92 Å². The number of benzene rings is 1. The number of halogens is 2. The van der Waals surface area contributed by atoms with Crippen molar-refractivity contribution in [2.45, 2.75) is 32.7 Å². The molecule has 180 valence electrons. The lowest BCUT2D eigenvalue weighted by Gasteiger charge is -2.29. The van der Waals surface area contributed by atoms with Crippen LogP contribution in [-0.2, 0) is 10.7 Å². The predicted molar refractivity (Wildman–Crippen MR) is 128 cm³/mol. The molecular weight excluding hydrogens is 440 g/mol. The van der Waals surface area contributed by atoms with Gasteiger partial charge in [0.2, 0.25) is 0 Å². The van der Waals surface area contributed by atoms with Crippen LogP contribution >= 0.6 is 0 Å². The Morgan fingerprint density at radius 1 is 1.15 bits per heavy atom. The molecule has 7 nitrogen and oxygen atoms in total. The number of aliphatic hydroxyl groups excluding tert-OH is 1. The predicted octanol–water partition coefficient (Wildman–Crippen LogP) is 4.26. The van der Waals surface area contributed by atoms with Crippen molar-refractivity contribution in [3.8, 4) is 22.4 Å². The molecule has 1 unspecified atom stereocenters. The molecule has 2 aromatic heterocycles. The van der Waals surface area contributed by atoms with E-state index in [9.17, 15) is 13.9 Å². The normalized spacial score (nSPS) is 15.3. The Balaban J connectivity index is 1.78. The van der Waals surface area contributed by atoms with E-state index < -0.39 is 5.92 Å². The molecule has 0 radical (unpaired) electrons. The first-order valence-corrected chi connectivity index (χ1v) is 11.3. The maximum absolute atomic E-state index is 13.8. The van der Waals surface area contributed by atoms with E-state index in [1.54, 1.807) is 0 Å². The average Bonchev–Trinajstić information content (AvgIpc) is 2.84. The van der Waals surface area contributed by atoms with Gasteiger partial charge in [0.25, 0.3) is 5.92 Å². The fourth-order valence-electron chi connectivity index (χ4n) is 3.84. The van der Waals surface area contributed by atoms with E-state index in [1.807, 2.05) is 44.2 Å². The van der Waals surface area contributed by atoms with Gasteiger partial charge in [0.1, 0.15) is 11.6 Å². The van der Waals surface area contributed by atoms with E-state index in [1.165, 1.54) is 6.07 Å². The van der Waals surface area contributed by atoms with Crippen molar-refractivity contribution in [2.75, 3.05) is 43.1 Å². The molecular formula is C25H29F2N5O2. The number of morpholine rings is 1. The summed E-state index contributed by atoms with van der Waals surface area (Å²) in [6, 6.07) is 10.9. The number of pyridine rings is 1. The summed E-state index contributed by atoms with van der Waals surface area (Å²) in [7, 11) is 0. The van der Waals surface area contributed by atoms with Crippen molar-refractivity contribution in [2.24, 2.45) is 0 Å². The van der Waals surface area contributed by atoms with Crippen LogP contribution in [0.5, 0.6) is 0 Å². The third-order valence-electron chi connectivity index (χ3n) is 5.82. The highest BCUT2D eigenvalue weighted by Gasteiger charge is 2.25. The van der Waals surface area contributed by atoms with Gasteiger partial charge in [0, 0.05) is 37.2 Å². The van der Waals surface area contributed by atoms with Gasteiger partial charge in [-0.3, -0.25) is 0 Å². The van der Waals surface area contributed by atoms with Crippen LogP contribution in [0.15, 0.2) is 42.6 Å². The molecule has 4 rings (SSSR count). The van der Waals surface area contributed by atoms with Crippen molar-refractivity contribution in [1.82, 2.24) is 15.2 Å². The highest BCUT2D eigenvalue weighted by atomic mass is 19.3. The molecule has 34 heavy (non-hydrogen) atoms. The van der Waals surface area contributed by atoms with Crippen LogP contribution < -0.4 is 10.2 Å². The fraction of sp³-hybridized carbons (Fsp3) is 0.400. The number of aryl methyl sites for hydroxylation is 1. The van der Waals surface area contributed by atoms with E-state index in [0.717, 1.165) is 48.7 Å². The molecule has 1 aliphatic rings. The van der Waals surface area contributed by atoms with Crippen molar-refractivity contribution >= 4 is 11.6 Å². The maximum atomic E-state index is 13.8. The summed E-state index contributed by atoms with van der Waals surface area (Å²) < 4.78 is 33.2. The van der Waals surface area contributed by atoms with E-state index >= 15 is 0 Å². The number of anilines is 2. The minimum atomic E-state index is -3.00. The Bertz CT molecular complexity index is 1150. The fourth-order valence-corrected chi connectivity index (χ4v) is 3.84. The highest BCUT2D eigenvalue weighted by Crippen LogP contribution is 2.34. The Hall–Kier alpha value is -3.17. The number of rotatable bonds is 7. The van der Waals surface area contributed by atoms with Gasteiger partial charge in [-0.05, 0) is 54.8 Å². The lowest BCUT2D eigenvalue weighted by Crippen LogP contribution is -2.37. The molecule has 9 heteroatoms. The second kappa shape index (κ2) is 9.99. The van der Waals surface area contributed by atoms with Gasteiger partial charge < -0.3 is 20.1 Å². The molecule has 0 spiro atoms. The molecule has 0 bridgehead atoms. The Labute approximate surface area is 197 Å². The first-order valence-electron chi connectivity index (χ1n) is 11.3. The molecule has 2 N–H and O–H groups in total. The van der Waals surface area contributed by atoms with E-state index in [4.69, 9.17) is 9.72 Å². The number of hydrogen-bond acceptors (Lipinski definition) is 7. The van der Waals surface area contributed by atoms with Crippen LogP contribution in [0.4, 0.5) is 20.4 Å². The number of aliphatic hydroxyl groups is 1. The molecule has 0 saturated carbocycles. The molecule has 1 aliphatic heterocycles. The second-order valence-electron chi connectivity index (χ2n) is 8.67. The summed E-state index contributed by atoms with van der Waals surface area (Å²) in [5.74, 6) is -1.54. The zero-order valence-electron chi connectivity index (χ0n) is 19.6. The molecule has 1 aromatic carbocycles. The summed E-state index contributed by atoms with van der Waals surface area (Å²) in [6.07, 6.45) is 1.09. The van der Waals surface area contributed by atoms with Gasteiger partial charge in [-0.1, -0.05) is 12.1 Å². The zero-order chi connectivity index (χ0) is 24.3. The Kier molecular flexibility index (Phi) is 7.04. The molecule has 1 atom stereocenters. The van der Waals surface area contributed by atoms with E-state index in [0.29, 0.717) is 30.3 Å². The van der Waals surface area contributed by atoms with Gasteiger partial charge in [-0.15, -0.1) is 0 Å². The number of hydrogen-bond donors (Lipinski definition) is 2. The SMILES string of the molecule is Cc1ccc(-c2cc(C(C)(F)F)cnn2)cc1-c1cc(NC(C)CO)nc(N2CCOCC2)c1. The van der Waals surface area contributed by atoms with Gasteiger partial charge in [-0.25, -0.2) is 13.8 Å². The smallest absolute Gasteiger partial charge is 0.272 e. The van der Waals surface area contributed by atoms with Crippen LogP contribution in [0.1, 0.15) is 25.0 Å². The summed E-state index contributed by atoms with van der Waals surface area (Å²) in [6.45, 7) is 7.44. The molecule has 1 saturated heterocycles. The molecule has 3 aromatic rings. The molecule has 1 fully saturated rings. The standard InChI is InChI=1S/C25H29F2N5O2/c1-16-4-5-18(22-13-20(14-28-31-22)25(3,26)27)10-21(16)19-11-23(29-17(2)15-33)30-24(12-19)32-6-8-34-9-7-32/h4-5,10-14,17,33H,6-9,15H2,1-3H3,(H,29,30). The first kappa shape index (κ1) is 24.0. The summed E-state index contributed by atoms with van der Waals surface area (Å²) >= 11 is 0. The first-order chi connectivity index (χ1) is 16.2. The van der Waals surface area contributed by atoms with Crippen molar-refractivity contribution in [1.29, 1.82) is 0 Å². The topological polar surface area (TPSA) is 83.4 Å². The number of nitrogens with one attached hydrogen (secondary N) is 1. The second-order valence-corrected chi connectivity index (χ2v) is 8.67. The van der Waals surface area contributed by atoms with Crippen LogP contribution in [-0.4, -0.2) is 59.2 Å². The summed E-state index contributed by atoms with van der Waals surface area (Å²) in [4.78, 5) is 6.93. The van der Waals surface area contributed by atoms with Crippen LogP contribution in [0.25, 0.3) is 22.4 Å². The quantitative estimate of drug-likeness (QED) is 0.535. The third kappa shape index (κ3) is 5.48. The maximum Gasteiger partial charge on any atom is 0.272 e. The van der Waals surface area contributed by atoms with Crippen molar-refractivity contribution in [3.63, 3.8) is 0 Å². The van der Waals surface area contributed by atoms with Gasteiger partial charge in [-0.2, -0.15) is 10.2 Å². The summed E-state index contributed by atoms with van der Waals surface area (Å²) in [5, 5.41) is 20.6. The molecule has 3 heterocycles. The number of alkyl halides is 2. The lowest BCUT2D eigenvalue weighted by molar-refractivity contribution is 0.0170.